The van der Waals surface area contributed by atoms with E-state index >= 15 is 0 Å². The minimum absolute atomic E-state index is 0. The molecule has 2 heterocycles. The van der Waals surface area contributed by atoms with Crippen LogP contribution in [-0.2, 0) is 12.8 Å². The van der Waals surface area contributed by atoms with Gasteiger partial charge in [-0.15, -0.1) is 12.4 Å². The van der Waals surface area contributed by atoms with Crippen LogP contribution in [0.4, 0.5) is 0 Å². The van der Waals surface area contributed by atoms with Crippen LogP contribution in [0.1, 0.15) is 34.6 Å². The predicted octanol–water partition coefficient (Wildman–Crippen LogP) is 2.88. The third kappa shape index (κ3) is 3.76. The van der Waals surface area contributed by atoms with Crippen LogP contribution in [-0.4, -0.2) is 35.3 Å². The van der Waals surface area contributed by atoms with Gasteiger partial charge in [-0.1, -0.05) is 22.0 Å². The Morgan fingerprint density at radius 3 is 2.84 bits per heavy atom. The van der Waals surface area contributed by atoms with Crippen LogP contribution < -0.4 is 10.6 Å². The minimum atomic E-state index is -0.0335. The van der Waals surface area contributed by atoms with E-state index in [9.17, 15) is 4.79 Å². The third-order valence-electron chi connectivity index (χ3n) is 4.87. The SMILES string of the molecule is Cl.O=C(NCC1CNC1)c1nn(-c2cccc(Br)c2)c2c1CCCC2. The summed E-state index contributed by atoms with van der Waals surface area (Å²) in [6.45, 7) is 2.71. The van der Waals surface area contributed by atoms with Crippen molar-refractivity contribution in [3.8, 4) is 5.69 Å². The van der Waals surface area contributed by atoms with Gasteiger partial charge in [0.2, 0.25) is 0 Å². The number of nitrogens with zero attached hydrogens (tertiary/aromatic N) is 2. The molecule has 1 amide bonds. The molecule has 1 aromatic heterocycles. The number of halogens is 2. The van der Waals surface area contributed by atoms with E-state index in [1.165, 1.54) is 5.69 Å². The summed E-state index contributed by atoms with van der Waals surface area (Å²) in [6, 6.07) is 8.08. The fourth-order valence-corrected chi connectivity index (χ4v) is 3.80. The molecule has 2 aliphatic rings. The number of hydrogen-bond donors (Lipinski definition) is 2. The van der Waals surface area contributed by atoms with E-state index < -0.39 is 0 Å². The first-order valence-corrected chi connectivity index (χ1v) is 9.37. The topological polar surface area (TPSA) is 59.0 Å². The zero-order valence-corrected chi connectivity index (χ0v) is 16.3. The van der Waals surface area contributed by atoms with Crippen LogP contribution in [0.15, 0.2) is 28.7 Å². The lowest BCUT2D eigenvalue weighted by molar-refractivity contribution is 0.0935. The van der Waals surface area contributed by atoms with Gasteiger partial charge >= 0.3 is 0 Å². The van der Waals surface area contributed by atoms with Gasteiger partial charge < -0.3 is 10.6 Å². The molecule has 4 rings (SSSR count). The average molecular weight is 426 g/mol. The minimum Gasteiger partial charge on any atom is -0.350 e. The van der Waals surface area contributed by atoms with E-state index in [0.717, 1.165) is 61.0 Å². The van der Waals surface area contributed by atoms with Crippen molar-refractivity contribution in [3.63, 3.8) is 0 Å². The Balaban J connectivity index is 0.00000182. The Labute approximate surface area is 162 Å². The van der Waals surface area contributed by atoms with Crippen molar-refractivity contribution >= 4 is 34.2 Å². The van der Waals surface area contributed by atoms with Crippen molar-refractivity contribution in [1.82, 2.24) is 20.4 Å². The number of rotatable bonds is 4. The number of amides is 1. The fourth-order valence-electron chi connectivity index (χ4n) is 3.42. The molecule has 134 valence electrons. The maximum atomic E-state index is 12.7. The number of nitrogens with one attached hydrogen (secondary N) is 2. The summed E-state index contributed by atoms with van der Waals surface area (Å²) >= 11 is 3.52. The molecule has 0 bridgehead atoms. The van der Waals surface area contributed by atoms with Gasteiger partial charge in [0.15, 0.2) is 5.69 Å². The predicted molar refractivity (Wildman–Crippen MR) is 104 cm³/mol. The molecule has 0 unspecified atom stereocenters. The molecular formula is C18H22BrClN4O. The first-order valence-electron chi connectivity index (χ1n) is 8.58. The van der Waals surface area contributed by atoms with E-state index in [1.807, 2.05) is 28.9 Å². The molecule has 7 heteroatoms. The first-order chi connectivity index (χ1) is 11.7. The third-order valence-corrected chi connectivity index (χ3v) is 5.36. The second-order valence-electron chi connectivity index (χ2n) is 6.61. The molecule has 0 saturated carbocycles. The summed E-state index contributed by atoms with van der Waals surface area (Å²) in [6.07, 6.45) is 4.21. The quantitative estimate of drug-likeness (QED) is 0.792. The standard InChI is InChI=1S/C18H21BrN4O.ClH/c19-13-4-3-5-14(8-13)23-16-7-2-1-6-15(16)17(22-23)18(24)21-11-12-9-20-10-12;/h3-5,8,12,20H,1-2,6-7,9-11H2,(H,21,24);1H. The molecule has 1 aliphatic heterocycles. The monoisotopic (exact) mass is 424 g/mol. The molecule has 0 atom stereocenters. The van der Waals surface area contributed by atoms with Gasteiger partial charge in [0, 0.05) is 41.3 Å². The highest BCUT2D eigenvalue weighted by molar-refractivity contribution is 9.10. The molecule has 2 N–H and O–H groups in total. The summed E-state index contributed by atoms with van der Waals surface area (Å²) in [4.78, 5) is 12.7. The van der Waals surface area contributed by atoms with E-state index in [1.54, 1.807) is 0 Å². The van der Waals surface area contributed by atoms with Crippen molar-refractivity contribution in [2.75, 3.05) is 19.6 Å². The van der Waals surface area contributed by atoms with Crippen LogP contribution in [0.5, 0.6) is 0 Å². The van der Waals surface area contributed by atoms with Gasteiger partial charge in [-0.2, -0.15) is 5.10 Å². The van der Waals surface area contributed by atoms with E-state index in [-0.39, 0.29) is 18.3 Å². The van der Waals surface area contributed by atoms with E-state index in [0.29, 0.717) is 11.6 Å². The molecule has 5 nitrogen and oxygen atoms in total. The fraction of sp³-hybridized carbons (Fsp3) is 0.444. The zero-order chi connectivity index (χ0) is 16.5. The number of aromatic nitrogens is 2. The largest absolute Gasteiger partial charge is 0.350 e. The van der Waals surface area contributed by atoms with Crippen molar-refractivity contribution < 1.29 is 4.79 Å². The van der Waals surface area contributed by atoms with Gasteiger partial charge in [0.05, 0.1) is 5.69 Å². The number of hydrogen-bond acceptors (Lipinski definition) is 3. The molecule has 2 aromatic rings. The molecule has 1 saturated heterocycles. The summed E-state index contributed by atoms with van der Waals surface area (Å²) in [5, 5.41) is 11.0. The molecule has 1 fully saturated rings. The maximum Gasteiger partial charge on any atom is 0.272 e. The van der Waals surface area contributed by atoms with Crippen molar-refractivity contribution in [2.45, 2.75) is 25.7 Å². The van der Waals surface area contributed by atoms with Crippen molar-refractivity contribution in [1.29, 1.82) is 0 Å². The van der Waals surface area contributed by atoms with Gasteiger partial charge in [-0.25, -0.2) is 4.68 Å². The lowest BCUT2D eigenvalue weighted by Gasteiger charge is -2.27. The van der Waals surface area contributed by atoms with Crippen molar-refractivity contribution in [2.24, 2.45) is 5.92 Å². The number of carbonyl (C=O) groups is 1. The Morgan fingerprint density at radius 2 is 2.12 bits per heavy atom. The highest BCUT2D eigenvalue weighted by Gasteiger charge is 2.26. The summed E-state index contributed by atoms with van der Waals surface area (Å²) in [5.41, 5.74) is 3.93. The van der Waals surface area contributed by atoms with Gasteiger partial charge in [-0.3, -0.25) is 4.79 Å². The zero-order valence-electron chi connectivity index (χ0n) is 13.9. The molecule has 1 aromatic carbocycles. The highest BCUT2D eigenvalue weighted by atomic mass is 79.9. The van der Waals surface area contributed by atoms with Crippen LogP contribution in [0.3, 0.4) is 0 Å². The van der Waals surface area contributed by atoms with E-state index in [4.69, 9.17) is 5.10 Å². The van der Waals surface area contributed by atoms with Crippen LogP contribution in [0.2, 0.25) is 0 Å². The second kappa shape index (κ2) is 7.89. The Morgan fingerprint density at radius 1 is 1.32 bits per heavy atom. The lowest BCUT2D eigenvalue weighted by atomic mass is 9.95. The number of benzene rings is 1. The van der Waals surface area contributed by atoms with Gasteiger partial charge in [0.1, 0.15) is 0 Å². The van der Waals surface area contributed by atoms with Crippen LogP contribution in [0.25, 0.3) is 5.69 Å². The number of fused-ring (bicyclic) bond motifs is 1. The van der Waals surface area contributed by atoms with Gasteiger partial charge in [-0.05, 0) is 43.9 Å². The molecule has 1 aliphatic carbocycles. The average Bonchev–Trinajstić information content (AvgIpc) is 2.93. The van der Waals surface area contributed by atoms with E-state index in [2.05, 4.69) is 26.6 Å². The molecule has 0 radical (unpaired) electrons. The Kier molecular flexibility index (Phi) is 5.81. The summed E-state index contributed by atoms with van der Waals surface area (Å²) in [7, 11) is 0. The smallest absolute Gasteiger partial charge is 0.272 e. The maximum absolute atomic E-state index is 12.7. The lowest BCUT2D eigenvalue weighted by Crippen LogP contribution is -2.48. The number of carbonyl (C=O) groups excluding carboxylic acids is 1. The normalized spacial score (nSPS) is 16.5. The van der Waals surface area contributed by atoms with Gasteiger partial charge in [0.25, 0.3) is 5.91 Å². The summed E-state index contributed by atoms with van der Waals surface area (Å²) < 4.78 is 2.97. The molecular weight excluding hydrogens is 404 g/mol. The van der Waals surface area contributed by atoms with Crippen LogP contribution in [0, 0.1) is 5.92 Å². The highest BCUT2D eigenvalue weighted by Crippen LogP contribution is 2.28. The molecule has 0 spiro atoms. The Hall–Kier alpha value is -1.37. The second-order valence-corrected chi connectivity index (χ2v) is 7.52. The van der Waals surface area contributed by atoms with Crippen molar-refractivity contribution in [3.05, 3.63) is 45.7 Å². The first kappa shape index (κ1) is 18.4. The molecule has 25 heavy (non-hydrogen) atoms. The Bertz CT molecular complexity index is 772. The summed E-state index contributed by atoms with van der Waals surface area (Å²) in [5.74, 6) is 0.519. The van der Waals surface area contributed by atoms with Crippen LogP contribution >= 0.6 is 28.3 Å².